The van der Waals surface area contributed by atoms with Gasteiger partial charge in [-0.15, -0.1) is 10.2 Å². The number of aryl methyl sites for hydroxylation is 3. The number of hydrogen-bond donors (Lipinski definition) is 1. The summed E-state index contributed by atoms with van der Waals surface area (Å²) < 4.78 is 3.30. The van der Waals surface area contributed by atoms with Gasteiger partial charge < -0.3 is 10.2 Å². The number of aromatic nitrogens is 6. The van der Waals surface area contributed by atoms with Crippen molar-refractivity contribution in [2.75, 3.05) is 24.5 Å². The summed E-state index contributed by atoms with van der Waals surface area (Å²) in [7, 11) is 0. The molecule has 0 bridgehead atoms. The summed E-state index contributed by atoms with van der Waals surface area (Å²) >= 11 is 0. The molecule has 0 spiro atoms. The molecule has 4 heterocycles. The van der Waals surface area contributed by atoms with E-state index in [2.05, 4.69) is 30.5 Å². The number of piperidine rings is 1. The Morgan fingerprint density at radius 2 is 1.84 bits per heavy atom. The molecule has 3 aromatic rings. The summed E-state index contributed by atoms with van der Waals surface area (Å²) in [4.78, 5) is 30.8. The normalized spacial score (nSPS) is 14.5. The maximum absolute atomic E-state index is 12.5. The summed E-state index contributed by atoms with van der Waals surface area (Å²) in [5.41, 5.74) is 2.47. The highest BCUT2D eigenvalue weighted by atomic mass is 16.2. The van der Waals surface area contributed by atoms with Gasteiger partial charge in [0.05, 0.1) is 12.0 Å². The first-order chi connectivity index (χ1) is 15.4. The van der Waals surface area contributed by atoms with Crippen LogP contribution in [0.25, 0.3) is 5.82 Å². The first kappa shape index (κ1) is 21.7. The molecular weight excluding hydrogens is 408 g/mol. The molecule has 4 rings (SSSR count). The van der Waals surface area contributed by atoms with Gasteiger partial charge in [0.25, 0.3) is 5.56 Å². The fraction of sp³-hybridized carbons (Fsp3) is 0.455. The molecule has 10 heteroatoms. The highest BCUT2D eigenvalue weighted by Crippen LogP contribution is 2.22. The van der Waals surface area contributed by atoms with Gasteiger partial charge in [0.1, 0.15) is 0 Å². The van der Waals surface area contributed by atoms with E-state index in [1.54, 1.807) is 17.8 Å². The largest absolute Gasteiger partial charge is 0.355 e. The van der Waals surface area contributed by atoms with E-state index in [0.717, 1.165) is 43.1 Å². The van der Waals surface area contributed by atoms with Crippen LogP contribution in [0.15, 0.2) is 35.5 Å². The molecule has 32 heavy (non-hydrogen) atoms. The molecule has 1 saturated heterocycles. The van der Waals surface area contributed by atoms with Gasteiger partial charge in [0.2, 0.25) is 5.91 Å². The second-order valence-corrected chi connectivity index (χ2v) is 8.22. The molecule has 168 valence electrons. The molecule has 1 aliphatic rings. The molecular formula is C22H28N8O2. The fourth-order valence-corrected chi connectivity index (χ4v) is 3.99. The third-order valence-corrected chi connectivity index (χ3v) is 5.78. The van der Waals surface area contributed by atoms with Crippen molar-refractivity contribution in [2.45, 2.75) is 40.2 Å². The van der Waals surface area contributed by atoms with Crippen LogP contribution in [0.4, 0.5) is 5.82 Å². The Hall–Kier alpha value is -3.56. The van der Waals surface area contributed by atoms with Gasteiger partial charge in [-0.1, -0.05) is 0 Å². The van der Waals surface area contributed by atoms with Crippen LogP contribution in [-0.4, -0.2) is 55.1 Å². The van der Waals surface area contributed by atoms with Crippen LogP contribution in [-0.2, 0) is 11.3 Å². The molecule has 3 aromatic heterocycles. The smallest absolute Gasteiger partial charge is 0.256 e. The van der Waals surface area contributed by atoms with Crippen molar-refractivity contribution in [3.05, 3.63) is 58.0 Å². The van der Waals surface area contributed by atoms with E-state index in [0.29, 0.717) is 24.5 Å². The van der Waals surface area contributed by atoms with Crippen LogP contribution in [0, 0.1) is 26.7 Å². The lowest BCUT2D eigenvalue weighted by Crippen LogP contribution is -2.42. The lowest BCUT2D eigenvalue weighted by Gasteiger charge is -2.31. The lowest BCUT2D eigenvalue weighted by atomic mass is 9.96. The Balaban J connectivity index is 1.27. The highest BCUT2D eigenvalue weighted by molar-refractivity contribution is 5.78. The molecule has 1 N–H and O–H groups in total. The molecule has 1 amide bonds. The van der Waals surface area contributed by atoms with Crippen molar-refractivity contribution < 1.29 is 4.79 Å². The van der Waals surface area contributed by atoms with Crippen LogP contribution < -0.4 is 15.8 Å². The Bertz CT molecular complexity index is 1140. The molecule has 0 unspecified atom stereocenters. The third kappa shape index (κ3) is 4.68. The van der Waals surface area contributed by atoms with Gasteiger partial charge in [-0.2, -0.15) is 5.10 Å². The number of carbonyl (C=O) groups is 1. The Morgan fingerprint density at radius 1 is 1.12 bits per heavy atom. The summed E-state index contributed by atoms with van der Waals surface area (Å²) in [6, 6.07) is 5.87. The minimum atomic E-state index is -0.0764. The Labute approximate surface area is 186 Å². The minimum Gasteiger partial charge on any atom is -0.355 e. The van der Waals surface area contributed by atoms with Gasteiger partial charge in [0.15, 0.2) is 11.6 Å². The van der Waals surface area contributed by atoms with Crippen LogP contribution in [0.2, 0.25) is 0 Å². The average molecular weight is 437 g/mol. The van der Waals surface area contributed by atoms with Gasteiger partial charge in [-0.25, -0.2) is 9.67 Å². The van der Waals surface area contributed by atoms with E-state index in [1.165, 1.54) is 10.9 Å². The summed E-state index contributed by atoms with van der Waals surface area (Å²) in [5.74, 6) is 1.49. The highest BCUT2D eigenvalue weighted by Gasteiger charge is 2.25. The average Bonchev–Trinajstić information content (AvgIpc) is 3.14. The number of amides is 1. The number of nitrogens with zero attached hydrogens (tertiary/aromatic N) is 7. The monoisotopic (exact) mass is 436 g/mol. The molecule has 10 nitrogen and oxygen atoms in total. The first-order valence-electron chi connectivity index (χ1n) is 10.8. The standard InChI is InChI=1S/C22H28N8O2/c1-15-13-23-14-29(22(15)32)11-8-24-21(31)18-6-9-28(10-7-18)19-4-5-20(26-25-19)30-17(3)12-16(2)27-30/h4-5,12-14,18H,6-11H2,1-3H3,(H,24,31). The molecule has 0 aromatic carbocycles. The lowest BCUT2D eigenvalue weighted by molar-refractivity contribution is -0.125. The van der Waals surface area contributed by atoms with Crippen molar-refractivity contribution in [3.8, 4) is 5.82 Å². The van der Waals surface area contributed by atoms with Crippen LogP contribution in [0.5, 0.6) is 0 Å². The minimum absolute atomic E-state index is 0.0317. The summed E-state index contributed by atoms with van der Waals surface area (Å²) in [6.07, 6.45) is 4.54. The van der Waals surface area contributed by atoms with Crippen molar-refractivity contribution in [1.29, 1.82) is 0 Å². The second kappa shape index (κ2) is 9.29. The Morgan fingerprint density at radius 3 is 2.50 bits per heavy atom. The number of nitrogens with one attached hydrogen (secondary N) is 1. The van der Waals surface area contributed by atoms with Crippen LogP contribution in [0.3, 0.4) is 0 Å². The van der Waals surface area contributed by atoms with E-state index in [4.69, 9.17) is 0 Å². The summed E-state index contributed by atoms with van der Waals surface area (Å²) in [6.45, 7) is 7.97. The zero-order valence-corrected chi connectivity index (χ0v) is 18.7. The maximum Gasteiger partial charge on any atom is 0.256 e. The molecule has 1 aliphatic heterocycles. The third-order valence-electron chi connectivity index (χ3n) is 5.78. The predicted molar refractivity (Wildman–Crippen MR) is 120 cm³/mol. The predicted octanol–water partition coefficient (Wildman–Crippen LogP) is 1.18. The van der Waals surface area contributed by atoms with Crippen LogP contribution >= 0.6 is 0 Å². The SMILES string of the molecule is Cc1cc(C)n(-c2ccc(N3CCC(C(=O)NCCn4cncc(C)c4=O)CC3)nn2)n1. The van der Waals surface area contributed by atoms with Crippen molar-refractivity contribution in [3.63, 3.8) is 0 Å². The maximum atomic E-state index is 12.5. The first-order valence-corrected chi connectivity index (χ1v) is 10.8. The Kier molecular flexibility index (Phi) is 6.29. The van der Waals surface area contributed by atoms with Crippen molar-refractivity contribution in [1.82, 2.24) is 34.8 Å². The van der Waals surface area contributed by atoms with Gasteiger partial charge in [-0.3, -0.25) is 14.2 Å². The van der Waals surface area contributed by atoms with E-state index >= 15 is 0 Å². The molecule has 0 atom stereocenters. The molecule has 0 radical (unpaired) electrons. The van der Waals surface area contributed by atoms with E-state index in [1.807, 2.05) is 32.0 Å². The fourth-order valence-electron chi connectivity index (χ4n) is 3.99. The summed E-state index contributed by atoms with van der Waals surface area (Å²) in [5, 5.41) is 16.1. The topological polar surface area (TPSA) is 111 Å². The van der Waals surface area contributed by atoms with Gasteiger partial charge >= 0.3 is 0 Å². The van der Waals surface area contributed by atoms with E-state index < -0.39 is 0 Å². The van der Waals surface area contributed by atoms with Gasteiger partial charge in [-0.05, 0) is 51.8 Å². The number of hydrogen-bond acceptors (Lipinski definition) is 7. The van der Waals surface area contributed by atoms with Gasteiger partial charge in [0, 0.05) is 49.6 Å². The zero-order valence-electron chi connectivity index (χ0n) is 18.7. The number of carbonyl (C=O) groups excluding carboxylic acids is 1. The number of anilines is 1. The van der Waals surface area contributed by atoms with E-state index in [-0.39, 0.29) is 17.4 Å². The second-order valence-electron chi connectivity index (χ2n) is 8.22. The quantitative estimate of drug-likeness (QED) is 0.618. The molecule has 0 saturated carbocycles. The van der Waals surface area contributed by atoms with Crippen molar-refractivity contribution >= 4 is 11.7 Å². The number of rotatable bonds is 6. The van der Waals surface area contributed by atoms with Crippen molar-refractivity contribution in [2.24, 2.45) is 5.92 Å². The van der Waals surface area contributed by atoms with Crippen LogP contribution in [0.1, 0.15) is 29.8 Å². The molecule has 1 fully saturated rings. The molecule has 0 aliphatic carbocycles. The van der Waals surface area contributed by atoms with E-state index in [9.17, 15) is 9.59 Å². The zero-order chi connectivity index (χ0) is 22.7.